The smallest absolute Gasteiger partial charge is 0.232 e. The molecule has 148 valence electrons. The summed E-state index contributed by atoms with van der Waals surface area (Å²) >= 11 is 3.56. The average Bonchev–Trinajstić information content (AvgIpc) is 2.73. The number of hydrogen-bond acceptors (Lipinski definition) is 3. The van der Waals surface area contributed by atoms with Crippen LogP contribution in [0.15, 0.2) is 76.9 Å². The Bertz CT molecular complexity index is 993. The van der Waals surface area contributed by atoms with Crippen LogP contribution in [0.5, 0.6) is 5.75 Å². The first-order valence-electron chi connectivity index (χ1n) is 9.77. The summed E-state index contributed by atoms with van der Waals surface area (Å²) in [6.45, 7) is 4.09. The van der Waals surface area contributed by atoms with E-state index in [0.717, 1.165) is 45.6 Å². The van der Waals surface area contributed by atoms with Gasteiger partial charge in [0.1, 0.15) is 12.4 Å². The Hall–Kier alpha value is -2.66. The van der Waals surface area contributed by atoms with E-state index in [1.54, 1.807) is 11.0 Å². The Kier molecular flexibility index (Phi) is 5.67. The molecule has 1 unspecified atom stereocenters. The summed E-state index contributed by atoms with van der Waals surface area (Å²) in [5.74, 6) is 0.697. The first kappa shape index (κ1) is 19.6. The Morgan fingerprint density at radius 3 is 2.59 bits per heavy atom. The molecule has 1 aliphatic carbocycles. The third kappa shape index (κ3) is 3.79. The molecule has 2 aliphatic rings. The van der Waals surface area contributed by atoms with Gasteiger partial charge >= 0.3 is 0 Å². The lowest BCUT2D eigenvalue weighted by Crippen LogP contribution is -2.40. The van der Waals surface area contributed by atoms with Crippen molar-refractivity contribution in [1.29, 1.82) is 0 Å². The Morgan fingerprint density at radius 2 is 1.86 bits per heavy atom. The van der Waals surface area contributed by atoms with E-state index >= 15 is 0 Å². The Morgan fingerprint density at radius 1 is 1.10 bits per heavy atom. The minimum atomic E-state index is -0.211. The molecule has 1 amide bonds. The highest BCUT2D eigenvalue weighted by Crippen LogP contribution is 2.44. The van der Waals surface area contributed by atoms with Crippen LogP contribution in [0.1, 0.15) is 37.2 Å². The quantitative estimate of drug-likeness (QED) is 0.560. The van der Waals surface area contributed by atoms with E-state index in [9.17, 15) is 9.59 Å². The van der Waals surface area contributed by atoms with E-state index in [2.05, 4.69) is 22.5 Å². The van der Waals surface area contributed by atoms with Crippen LogP contribution in [-0.2, 0) is 9.59 Å². The van der Waals surface area contributed by atoms with Gasteiger partial charge in [-0.25, -0.2) is 0 Å². The molecule has 0 saturated carbocycles. The van der Waals surface area contributed by atoms with Crippen LogP contribution < -0.4 is 9.64 Å². The van der Waals surface area contributed by atoms with Gasteiger partial charge in [-0.3, -0.25) is 14.5 Å². The number of allylic oxidation sites excluding steroid dienone is 2. The van der Waals surface area contributed by atoms with Crippen molar-refractivity contribution in [3.8, 4) is 5.75 Å². The molecule has 29 heavy (non-hydrogen) atoms. The molecule has 1 heterocycles. The van der Waals surface area contributed by atoms with Crippen LogP contribution in [0.3, 0.4) is 0 Å². The lowest BCUT2D eigenvalue weighted by molar-refractivity contribution is -0.119. The van der Waals surface area contributed by atoms with E-state index in [1.165, 1.54) is 0 Å². The van der Waals surface area contributed by atoms with E-state index in [4.69, 9.17) is 4.74 Å². The van der Waals surface area contributed by atoms with Crippen molar-refractivity contribution in [2.45, 2.75) is 31.6 Å². The normalized spacial score (nSPS) is 19.2. The number of carbonyl (C=O) groups excluding carboxylic acids is 2. The van der Waals surface area contributed by atoms with Crippen molar-refractivity contribution >= 4 is 33.3 Å². The molecule has 0 radical (unpaired) electrons. The number of para-hydroxylation sites is 1. The summed E-state index contributed by atoms with van der Waals surface area (Å²) in [5.41, 5.74) is 3.40. The minimum Gasteiger partial charge on any atom is -0.490 e. The molecule has 4 nitrogen and oxygen atoms in total. The van der Waals surface area contributed by atoms with Crippen LogP contribution in [0.4, 0.5) is 5.69 Å². The van der Waals surface area contributed by atoms with E-state index in [-0.39, 0.29) is 24.0 Å². The van der Waals surface area contributed by atoms with E-state index in [0.29, 0.717) is 13.0 Å². The van der Waals surface area contributed by atoms with Gasteiger partial charge in [0.05, 0.1) is 5.69 Å². The molecular weight excluding hydrogens is 430 g/mol. The summed E-state index contributed by atoms with van der Waals surface area (Å²) < 4.78 is 6.40. The zero-order chi connectivity index (χ0) is 20.4. The number of ether oxygens (including phenoxy) is 1. The van der Waals surface area contributed by atoms with Crippen molar-refractivity contribution in [3.05, 3.63) is 82.5 Å². The SMILES string of the molecule is C=CCOc1ccc(C2CC(=O)N(c3ccccc3Br)C3=C2C(=O)CCC3)cc1. The topological polar surface area (TPSA) is 46.6 Å². The second kappa shape index (κ2) is 8.37. The van der Waals surface area contributed by atoms with Crippen molar-refractivity contribution < 1.29 is 14.3 Å². The van der Waals surface area contributed by atoms with Gasteiger partial charge in [-0.1, -0.05) is 36.9 Å². The van der Waals surface area contributed by atoms with Crippen LogP contribution in [0, 0.1) is 0 Å². The summed E-state index contributed by atoms with van der Waals surface area (Å²) in [5, 5.41) is 0. The standard InChI is InChI=1S/C24H22BrNO3/c1-2-14-29-17-12-10-16(11-13-17)18-15-23(28)26(20-7-4-3-6-19(20)25)21-8-5-9-22(27)24(18)21/h2-4,6-7,10-13,18H,1,5,8-9,14-15H2. The first-order valence-corrected chi connectivity index (χ1v) is 10.6. The fourth-order valence-electron chi connectivity index (χ4n) is 4.14. The van der Waals surface area contributed by atoms with Gasteiger partial charge in [-0.2, -0.15) is 0 Å². The van der Waals surface area contributed by atoms with Crippen LogP contribution >= 0.6 is 15.9 Å². The first-order chi connectivity index (χ1) is 14.1. The maximum atomic E-state index is 13.2. The number of Topliss-reactive ketones (excluding diaryl/α,β-unsaturated/α-hetero) is 1. The molecule has 4 rings (SSSR count). The molecule has 1 aliphatic heterocycles. The highest BCUT2D eigenvalue weighted by molar-refractivity contribution is 9.10. The second-order valence-electron chi connectivity index (χ2n) is 7.24. The molecule has 0 bridgehead atoms. The monoisotopic (exact) mass is 451 g/mol. The van der Waals surface area contributed by atoms with Crippen molar-refractivity contribution in [1.82, 2.24) is 0 Å². The number of rotatable bonds is 5. The number of amides is 1. The summed E-state index contributed by atoms with van der Waals surface area (Å²) in [6.07, 6.45) is 4.01. The molecule has 0 spiro atoms. The molecule has 0 N–H and O–H groups in total. The maximum Gasteiger partial charge on any atom is 0.232 e. The highest BCUT2D eigenvalue weighted by atomic mass is 79.9. The summed E-state index contributed by atoms with van der Waals surface area (Å²) in [7, 11) is 0. The second-order valence-corrected chi connectivity index (χ2v) is 8.10. The number of anilines is 1. The number of hydrogen-bond donors (Lipinski definition) is 0. The highest BCUT2D eigenvalue weighted by Gasteiger charge is 2.40. The largest absolute Gasteiger partial charge is 0.490 e. The molecule has 2 aromatic rings. The minimum absolute atomic E-state index is 0.0160. The van der Waals surface area contributed by atoms with Crippen molar-refractivity contribution in [2.75, 3.05) is 11.5 Å². The fraction of sp³-hybridized carbons (Fsp3) is 0.250. The lowest BCUT2D eigenvalue weighted by atomic mass is 9.77. The van der Waals surface area contributed by atoms with Crippen molar-refractivity contribution in [3.63, 3.8) is 0 Å². The zero-order valence-corrected chi connectivity index (χ0v) is 17.7. The molecule has 5 heteroatoms. The number of benzene rings is 2. The summed E-state index contributed by atoms with van der Waals surface area (Å²) in [6, 6.07) is 15.3. The molecule has 0 aromatic heterocycles. The van der Waals surface area contributed by atoms with Gasteiger partial charge in [0.25, 0.3) is 0 Å². The number of carbonyl (C=O) groups is 2. The molecule has 0 fully saturated rings. The fourth-order valence-corrected chi connectivity index (χ4v) is 4.60. The van der Waals surface area contributed by atoms with Crippen LogP contribution in [-0.4, -0.2) is 18.3 Å². The van der Waals surface area contributed by atoms with Gasteiger partial charge < -0.3 is 4.74 Å². The molecular formula is C24H22BrNO3. The van der Waals surface area contributed by atoms with Crippen LogP contribution in [0.25, 0.3) is 0 Å². The van der Waals surface area contributed by atoms with E-state index < -0.39 is 0 Å². The summed E-state index contributed by atoms with van der Waals surface area (Å²) in [4.78, 5) is 27.9. The van der Waals surface area contributed by atoms with Gasteiger partial charge in [-0.05, 0) is 58.6 Å². The van der Waals surface area contributed by atoms with Gasteiger partial charge in [-0.15, -0.1) is 0 Å². The van der Waals surface area contributed by atoms with Gasteiger partial charge in [0, 0.05) is 34.5 Å². The molecule has 0 saturated heterocycles. The number of nitrogens with zero attached hydrogens (tertiary/aromatic N) is 1. The zero-order valence-electron chi connectivity index (χ0n) is 16.1. The van der Waals surface area contributed by atoms with Crippen molar-refractivity contribution in [2.24, 2.45) is 0 Å². The maximum absolute atomic E-state index is 13.2. The number of halogens is 1. The Labute approximate surface area is 179 Å². The average molecular weight is 452 g/mol. The van der Waals surface area contributed by atoms with Gasteiger partial charge in [0.15, 0.2) is 5.78 Å². The van der Waals surface area contributed by atoms with E-state index in [1.807, 2.05) is 48.5 Å². The third-order valence-electron chi connectivity index (χ3n) is 5.42. The van der Waals surface area contributed by atoms with Crippen LogP contribution in [0.2, 0.25) is 0 Å². The lowest BCUT2D eigenvalue weighted by Gasteiger charge is -2.38. The Balaban J connectivity index is 1.76. The number of ketones is 1. The predicted molar refractivity (Wildman–Crippen MR) is 117 cm³/mol. The molecule has 2 aromatic carbocycles. The third-order valence-corrected chi connectivity index (χ3v) is 6.09. The molecule has 1 atom stereocenters. The predicted octanol–water partition coefficient (Wildman–Crippen LogP) is 5.54. The van der Waals surface area contributed by atoms with Gasteiger partial charge in [0.2, 0.25) is 5.91 Å².